The third kappa shape index (κ3) is 3.77. The van der Waals surface area contributed by atoms with E-state index in [1.807, 2.05) is 6.07 Å². The number of aromatic amines is 1. The van der Waals surface area contributed by atoms with Gasteiger partial charge in [0.1, 0.15) is 17.5 Å². The van der Waals surface area contributed by atoms with Crippen molar-refractivity contribution >= 4 is 17.0 Å². The molecule has 0 aliphatic heterocycles. The number of alkyl halides is 3. The highest BCUT2D eigenvalue weighted by Crippen LogP contribution is 2.34. The zero-order chi connectivity index (χ0) is 21.3. The minimum absolute atomic E-state index is 0.0978. The molecule has 6 nitrogen and oxygen atoms in total. The summed E-state index contributed by atoms with van der Waals surface area (Å²) >= 11 is 0. The van der Waals surface area contributed by atoms with E-state index < -0.39 is 11.7 Å². The lowest BCUT2D eigenvalue weighted by molar-refractivity contribution is -0.137. The highest BCUT2D eigenvalue weighted by atomic mass is 19.4. The first kappa shape index (κ1) is 19.3. The number of hydrogen-bond acceptors (Lipinski definition) is 5. The fraction of sp³-hybridized carbons (Fsp3) is 0.100. The number of aromatic nitrogens is 4. The van der Waals surface area contributed by atoms with Crippen LogP contribution in [0.2, 0.25) is 0 Å². The van der Waals surface area contributed by atoms with Crippen molar-refractivity contribution in [1.82, 2.24) is 19.9 Å². The molecule has 0 aliphatic carbocycles. The maximum atomic E-state index is 13.1. The molecule has 4 aromatic rings. The van der Waals surface area contributed by atoms with Gasteiger partial charge in [0.2, 0.25) is 5.95 Å². The number of halogens is 4. The van der Waals surface area contributed by atoms with Gasteiger partial charge < -0.3 is 10.3 Å². The molecule has 4 rings (SSSR count). The molecular formula is C20H12F4N6. The lowest BCUT2D eigenvalue weighted by atomic mass is 10.1. The van der Waals surface area contributed by atoms with E-state index in [0.29, 0.717) is 12.1 Å². The van der Waals surface area contributed by atoms with Gasteiger partial charge in [0, 0.05) is 29.9 Å². The Morgan fingerprint density at radius 1 is 1.10 bits per heavy atom. The molecule has 30 heavy (non-hydrogen) atoms. The molecule has 0 radical (unpaired) electrons. The van der Waals surface area contributed by atoms with Gasteiger partial charge in [-0.05, 0) is 23.8 Å². The Morgan fingerprint density at radius 3 is 2.57 bits per heavy atom. The molecule has 2 N–H and O–H groups in total. The molecule has 0 bridgehead atoms. The molecule has 0 fully saturated rings. The van der Waals surface area contributed by atoms with Crippen molar-refractivity contribution in [1.29, 1.82) is 5.26 Å². The van der Waals surface area contributed by atoms with Gasteiger partial charge in [0.25, 0.3) is 0 Å². The monoisotopic (exact) mass is 412 g/mol. The van der Waals surface area contributed by atoms with Crippen molar-refractivity contribution in [3.8, 4) is 17.3 Å². The zero-order valence-electron chi connectivity index (χ0n) is 15.1. The van der Waals surface area contributed by atoms with E-state index in [-0.39, 0.29) is 34.1 Å². The molecule has 0 saturated carbocycles. The van der Waals surface area contributed by atoms with E-state index >= 15 is 0 Å². The van der Waals surface area contributed by atoms with Gasteiger partial charge in [-0.2, -0.15) is 18.4 Å². The van der Waals surface area contributed by atoms with Crippen molar-refractivity contribution in [2.24, 2.45) is 0 Å². The van der Waals surface area contributed by atoms with E-state index in [4.69, 9.17) is 0 Å². The van der Waals surface area contributed by atoms with Gasteiger partial charge in [-0.25, -0.2) is 19.3 Å². The molecule has 10 heteroatoms. The van der Waals surface area contributed by atoms with Crippen molar-refractivity contribution < 1.29 is 17.6 Å². The van der Waals surface area contributed by atoms with Gasteiger partial charge >= 0.3 is 6.18 Å². The minimum atomic E-state index is -4.55. The summed E-state index contributed by atoms with van der Waals surface area (Å²) in [5.74, 6) is -0.190. The topological polar surface area (TPSA) is 90.3 Å². The summed E-state index contributed by atoms with van der Waals surface area (Å²) in [7, 11) is 0. The van der Waals surface area contributed by atoms with E-state index in [1.165, 1.54) is 24.5 Å². The fourth-order valence-corrected chi connectivity index (χ4v) is 2.89. The average Bonchev–Trinajstić information content (AvgIpc) is 3.15. The Labute approximate surface area is 167 Å². The van der Waals surface area contributed by atoms with Crippen LogP contribution in [0, 0.1) is 17.1 Å². The molecular weight excluding hydrogens is 400 g/mol. The van der Waals surface area contributed by atoms with Crippen molar-refractivity contribution in [3.05, 3.63) is 71.4 Å². The predicted octanol–water partition coefficient (Wildman–Crippen LogP) is 4.66. The summed E-state index contributed by atoms with van der Waals surface area (Å²) in [5.41, 5.74) is 0.672. The van der Waals surface area contributed by atoms with Crippen molar-refractivity contribution in [2.75, 3.05) is 5.32 Å². The molecule has 0 spiro atoms. The van der Waals surface area contributed by atoms with Gasteiger partial charge in [0.15, 0.2) is 0 Å². The third-order valence-electron chi connectivity index (χ3n) is 4.39. The van der Waals surface area contributed by atoms with Crippen LogP contribution in [0.1, 0.15) is 16.7 Å². The molecule has 0 saturated heterocycles. The third-order valence-corrected chi connectivity index (χ3v) is 4.39. The summed E-state index contributed by atoms with van der Waals surface area (Å²) in [4.78, 5) is 15.0. The summed E-state index contributed by atoms with van der Waals surface area (Å²) in [6.45, 7) is 0.291. The largest absolute Gasteiger partial charge is 0.417 e. The lowest BCUT2D eigenvalue weighted by Gasteiger charge is -2.09. The van der Waals surface area contributed by atoms with Crippen LogP contribution in [0.3, 0.4) is 0 Å². The first-order chi connectivity index (χ1) is 14.3. The molecule has 0 unspecified atom stereocenters. The second kappa shape index (κ2) is 7.44. The Balaban J connectivity index is 1.72. The zero-order valence-corrected chi connectivity index (χ0v) is 15.1. The maximum absolute atomic E-state index is 13.1. The number of anilines is 1. The van der Waals surface area contributed by atoms with Gasteiger partial charge in [-0.3, -0.25) is 0 Å². The average molecular weight is 412 g/mol. The summed E-state index contributed by atoms with van der Waals surface area (Å²) in [5, 5.41) is 12.5. The van der Waals surface area contributed by atoms with Crippen molar-refractivity contribution in [2.45, 2.75) is 12.7 Å². The fourth-order valence-electron chi connectivity index (χ4n) is 2.89. The van der Waals surface area contributed by atoms with Gasteiger partial charge in [-0.15, -0.1) is 0 Å². The number of nitrogens with zero attached hydrogens (tertiary/aromatic N) is 4. The normalized spacial score (nSPS) is 11.4. The van der Waals surface area contributed by atoms with E-state index in [1.54, 1.807) is 12.1 Å². The van der Waals surface area contributed by atoms with Crippen LogP contribution in [0.25, 0.3) is 22.3 Å². The lowest BCUT2D eigenvalue weighted by Crippen LogP contribution is -2.06. The number of nitriles is 1. The quantitative estimate of drug-likeness (QED) is 0.476. The Morgan fingerprint density at radius 2 is 1.87 bits per heavy atom. The molecule has 3 heterocycles. The SMILES string of the molecule is N#Cc1cnc(NCc2ccc(F)cc2)nc1-c1c[nH]c2ncc(C(F)(F)F)cc12. The smallest absolute Gasteiger partial charge is 0.350 e. The number of fused-ring (bicyclic) bond motifs is 1. The van der Waals surface area contributed by atoms with Crippen LogP contribution in [0.5, 0.6) is 0 Å². The predicted molar refractivity (Wildman–Crippen MR) is 101 cm³/mol. The van der Waals surface area contributed by atoms with Gasteiger partial charge in [0.05, 0.1) is 23.0 Å². The molecule has 3 aromatic heterocycles. The Kier molecular flexibility index (Phi) is 4.79. The van der Waals surface area contributed by atoms with Crippen LogP contribution in [-0.2, 0) is 12.7 Å². The molecule has 0 atom stereocenters. The van der Waals surface area contributed by atoms with Crippen LogP contribution < -0.4 is 5.32 Å². The second-order valence-electron chi connectivity index (χ2n) is 6.37. The standard InChI is InChI=1S/C20H12F4N6/c21-14-3-1-11(2-4-14)7-28-19-29-8-12(6-25)17(30-19)16-10-27-18-15(16)5-13(9-26-18)20(22,23)24/h1-5,8-10H,7H2,(H,26,27)(H,28,29,30). The number of H-pyrrole nitrogens is 1. The van der Waals surface area contributed by atoms with E-state index in [0.717, 1.165) is 17.8 Å². The first-order valence-corrected chi connectivity index (χ1v) is 8.65. The van der Waals surface area contributed by atoms with E-state index in [2.05, 4.69) is 25.3 Å². The summed E-state index contributed by atoms with van der Waals surface area (Å²) < 4.78 is 52.3. The molecule has 0 aliphatic rings. The number of hydrogen-bond donors (Lipinski definition) is 2. The molecule has 1 aromatic carbocycles. The minimum Gasteiger partial charge on any atom is -0.350 e. The maximum Gasteiger partial charge on any atom is 0.417 e. The van der Waals surface area contributed by atoms with Crippen LogP contribution in [0.15, 0.2) is 48.9 Å². The number of benzene rings is 1. The summed E-state index contributed by atoms with van der Waals surface area (Å²) in [6.07, 6.45) is -1.08. The molecule has 0 amide bonds. The highest BCUT2D eigenvalue weighted by molar-refractivity contribution is 5.94. The highest BCUT2D eigenvalue weighted by Gasteiger charge is 2.31. The van der Waals surface area contributed by atoms with Crippen LogP contribution in [0.4, 0.5) is 23.5 Å². The number of nitrogens with one attached hydrogen (secondary N) is 2. The second-order valence-corrected chi connectivity index (χ2v) is 6.37. The van der Waals surface area contributed by atoms with Crippen LogP contribution >= 0.6 is 0 Å². The molecule has 150 valence electrons. The Bertz CT molecular complexity index is 1260. The Hall–Kier alpha value is -4.00. The number of rotatable bonds is 4. The number of pyridine rings is 1. The first-order valence-electron chi connectivity index (χ1n) is 8.65. The summed E-state index contributed by atoms with van der Waals surface area (Å²) in [6, 6.07) is 8.74. The van der Waals surface area contributed by atoms with E-state index in [9.17, 15) is 22.8 Å². The van der Waals surface area contributed by atoms with Gasteiger partial charge in [-0.1, -0.05) is 12.1 Å². The van der Waals surface area contributed by atoms with Crippen molar-refractivity contribution in [3.63, 3.8) is 0 Å². The van der Waals surface area contributed by atoms with Crippen LogP contribution in [-0.4, -0.2) is 19.9 Å².